The van der Waals surface area contributed by atoms with Crippen LogP contribution in [0.2, 0.25) is 5.02 Å². The molecule has 1 unspecified atom stereocenters. The van der Waals surface area contributed by atoms with E-state index in [0.717, 1.165) is 5.56 Å². The molecule has 3 rings (SSSR count). The summed E-state index contributed by atoms with van der Waals surface area (Å²) in [6, 6.07) is 13.3. The van der Waals surface area contributed by atoms with Crippen LogP contribution in [0.5, 0.6) is 0 Å². The number of rotatable bonds is 4. The maximum absolute atomic E-state index is 5.84. The first-order valence-electron chi connectivity index (χ1n) is 6.48. The smallest absolute Gasteiger partial charge is 0.235 e. The molecule has 0 bridgehead atoms. The molecular formula is C15H13ClN4O. The van der Waals surface area contributed by atoms with Crippen molar-refractivity contribution in [1.29, 1.82) is 0 Å². The van der Waals surface area contributed by atoms with Crippen LogP contribution in [-0.2, 0) is 0 Å². The van der Waals surface area contributed by atoms with Crippen LogP contribution in [0, 0.1) is 0 Å². The first-order chi connectivity index (χ1) is 10.3. The molecule has 0 radical (unpaired) electrons. The van der Waals surface area contributed by atoms with Gasteiger partial charge < -0.3 is 10.3 Å². The van der Waals surface area contributed by atoms with Crippen LogP contribution in [0.4, 0.5) is 0 Å². The minimum atomic E-state index is -0.125. The minimum Gasteiger partial charge on any atom is -0.338 e. The number of nitrogens with zero attached hydrogens (tertiary/aromatic N) is 3. The number of halogens is 1. The van der Waals surface area contributed by atoms with Gasteiger partial charge in [-0.3, -0.25) is 4.98 Å². The van der Waals surface area contributed by atoms with Crippen LogP contribution in [-0.4, -0.2) is 21.7 Å². The number of pyridine rings is 1. The van der Waals surface area contributed by atoms with E-state index in [1.165, 1.54) is 0 Å². The third-order valence-corrected chi connectivity index (χ3v) is 3.36. The zero-order valence-electron chi connectivity index (χ0n) is 11.1. The third kappa shape index (κ3) is 2.94. The number of nitrogens with two attached hydrogens (primary N) is 1. The summed E-state index contributed by atoms with van der Waals surface area (Å²) in [6.45, 7) is 0.389. The highest BCUT2D eigenvalue weighted by Gasteiger charge is 2.20. The van der Waals surface area contributed by atoms with Crippen molar-refractivity contribution in [2.75, 3.05) is 6.54 Å². The molecule has 3 aromatic rings. The van der Waals surface area contributed by atoms with Crippen molar-refractivity contribution in [3.8, 4) is 11.5 Å². The van der Waals surface area contributed by atoms with Gasteiger partial charge >= 0.3 is 0 Å². The fraction of sp³-hybridized carbons (Fsp3) is 0.133. The SMILES string of the molecule is NCC(c1ccccc1)c1nc(-c2ccc(Cl)cn2)no1. The first-order valence-corrected chi connectivity index (χ1v) is 6.86. The second-order valence-electron chi connectivity index (χ2n) is 4.52. The largest absolute Gasteiger partial charge is 0.338 e. The Bertz CT molecular complexity index is 712. The van der Waals surface area contributed by atoms with E-state index in [1.54, 1.807) is 18.3 Å². The van der Waals surface area contributed by atoms with Crippen molar-refractivity contribution in [1.82, 2.24) is 15.1 Å². The number of benzene rings is 1. The summed E-state index contributed by atoms with van der Waals surface area (Å²) in [5, 5.41) is 4.52. The van der Waals surface area contributed by atoms with Crippen LogP contribution in [0.3, 0.4) is 0 Å². The van der Waals surface area contributed by atoms with Gasteiger partial charge in [0, 0.05) is 12.7 Å². The molecular weight excluding hydrogens is 288 g/mol. The Morgan fingerprint density at radius 1 is 1.14 bits per heavy atom. The number of hydrogen-bond donors (Lipinski definition) is 1. The van der Waals surface area contributed by atoms with Crippen molar-refractivity contribution in [2.24, 2.45) is 5.73 Å². The van der Waals surface area contributed by atoms with E-state index in [2.05, 4.69) is 15.1 Å². The van der Waals surface area contributed by atoms with Gasteiger partial charge in [-0.2, -0.15) is 4.98 Å². The van der Waals surface area contributed by atoms with Crippen molar-refractivity contribution in [3.63, 3.8) is 0 Å². The molecule has 0 aliphatic rings. The topological polar surface area (TPSA) is 77.8 Å². The minimum absolute atomic E-state index is 0.125. The van der Waals surface area contributed by atoms with Crippen molar-refractivity contribution in [2.45, 2.75) is 5.92 Å². The lowest BCUT2D eigenvalue weighted by molar-refractivity contribution is 0.367. The Balaban J connectivity index is 1.92. The molecule has 0 aliphatic heterocycles. The van der Waals surface area contributed by atoms with Crippen LogP contribution >= 0.6 is 11.6 Å². The van der Waals surface area contributed by atoms with E-state index in [-0.39, 0.29) is 5.92 Å². The first kappa shape index (κ1) is 13.7. The molecule has 0 saturated heterocycles. The normalized spacial score (nSPS) is 12.3. The quantitative estimate of drug-likeness (QED) is 0.801. The molecule has 1 atom stereocenters. The summed E-state index contributed by atoms with van der Waals surface area (Å²) < 4.78 is 5.34. The Morgan fingerprint density at radius 3 is 2.62 bits per heavy atom. The summed E-state index contributed by atoms with van der Waals surface area (Å²) >= 11 is 5.81. The lowest BCUT2D eigenvalue weighted by atomic mass is 9.99. The second-order valence-corrected chi connectivity index (χ2v) is 4.95. The highest BCUT2D eigenvalue weighted by molar-refractivity contribution is 6.30. The van der Waals surface area contributed by atoms with Crippen molar-refractivity contribution in [3.05, 3.63) is 65.1 Å². The van der Waals surface area contributed by atoms with E-state index in [0.29, 0.717) is 29.0 Å². The maximum Gasteiger partial charge on any atom is 0.235 e. The van der Waals surface area contributed by atoms with E-state index in [9.17, 15) is 0 Å². The summed E-state index contributed by atoms with van der Waals surface area (Å²) in [5.74, 6) is 0.784. The Hall–Kier alpha value is -2.24. The number of hydrogen-bond acceptors (Lipinski definition) is 5. The van der Waals surface area contributed by atoms with Gasteiger partial charge in [-0.15, -0.1) is 0 Å². The maximum atomic E-state index is 5.84. The average molecular weight is 301 g/mol. The van der Waals surface area contributed by atoms with Crippen molar-refractivity contribution >= 4 is 11.6 Å². The van der Waals surface area contributed by atoms with Gasteiger partial charge in [0.2, 0.25) is 11.7 Å². The summed E-state index contributed by atoms with van der Waals surface area (Å²) in [6.07, 6.45) is 1.55. The highest BCUT2D eigenvalue weighted by Crippen LogP contribution is 2.24. The van der Waals surface area contributed by atoms with E-state index in [4.69, 9.17) is 21.9 Å². The molecule has 2 aromatic heterocycles. The molecule has 5 nitrogen and oxygen atoms in total. The average Bonchev–Trinajstić information content (AvgIpc) is 2.99. The second kappa shape index (κ2) is 6.03. The predicted octanol–water partition coefficient (Wildman–Crippen LogP) is 2.88. The van der Waals surface area contributed by atoms with Crippen LogP contribution in [0.15, 0.2) is 53.2 Å². The molecule has 0 amide bonds. The van der Waals surface area contributed by atoms with E-state index in [1.807, 2.05) is 30.3 Å². The molecule has 1 aromatic carbocycles. The molecule has 0 spiro atoms. The summed E-state index contributed by atoms with van der Waals surface area (Å²) in [4.78, 5) is 8.57. The zero-order valence-corrected chi connectivity index (χ0v) is 11.9. The highest BCUT2D eigenvalue weighted by atomic mass is 35.5. The van der Waals surface area contributed by atoms with Gasteiger partial charge in [-0.05, 0) is 17.7 Å². The van der Waals surface area contributed by atoms with Crippen LogP contribution in [0.1, 0.15) is 17.4 Å². The summed E-state index contributed by atoms with van der Waals surface area (Å²) in [7, 11) is 0. The van der Waals surface area contributed by atoms with Gasteiger partial charge in [0.25, 0.3) is 0 Å². The molecule has 2 heterocycles. The standard InChI is InChI=1S/C15H13ClN4O/c16-11-6-7-13(18-9-11)14-19-15(21-20-14)12(8-17)10-4-2-1-3-5-10/h1-7,9,12H,8,17H2. The Kier molecular flexibility index (Phi) is 3.94. The molecule has 0 saturated carbocycles. The monoisotopic (exact) mass is 300 g/mol. The van der Waals surface area contributed by atoms with Crippen LogP contribution < -0.4 is 5.73 Å². The van der Waals surface area contributed by atoms with Crippen LogP contribution in [0.25, 0.3) is 11.5 Å². The van der Waals surface area contributed by atoms with Gasteiger partial charge in [0.05, 0.1) is 10.9 Å². The van der Waals surface area contributed by atoms with E-state index < -0.39 is 0 Å². The predicted molar refractivity (Wildman–Crippen MR) is 79.9 cm³/mol. The molecule has 6 heteroatoms. The Morgan fingerprint density at radius 2 is 1.95 bits per heavy atom. The van der Waals surface area contributed by atoms with Gasteiger partial charge in [-0.25, -0.2) is 0 Å². The van der Waals surface area contributed by atoms with Gasteiger partial charge in [0.15, 0.2) is 0 Å². The van der Waals surface area contributed by atoms with E-state index >= 15 is 0 Å². The zero-order chi connectivity index (χ0) is 14.7. The molecule has 21 heavy (non-hydrogen) atoms. The van der Waals surface area contributed by atoms with Gasteiger partial charge in [0.1, 0.15) is 5.69 Å². The lowest BCUT2D eigenvalue weighted by Crippen LogP contribution is -2.14. The fourth-order valence-electron chi connectivity index (χ4n) is 2.05. The van der Waals surface area contributed by atoms with Gasteiger partial charge in [-0.1, -0.05) is 47.1 Å². The number of aromatic nitrogens is 3. The molecule has 2 N–H and O–H groups in total. The third-order valence-electron chi connectivity index (χ3n) is 3.13. The molecule has 0 fully saturated rings. The fourth-order valence-corrected chi connectivity index (χ4v) is 2.17. The molecule has 106 valence electrons. The molecule has 0 aliphatic carbocycles. The Labute approximate surface area is 126 Å². The van der Waals surface area contributed by atoms with Crippen molar-refractivity contribution < 1.29 is 4.52 Å². The lowest BCUT2D eigenvalue weighted by Gasteiger charge is -2.09. The summed E-state index contributed by atoms with van der Waals surface area (Å²) in [5.41, 5.74) is 7.49.